The number of aryl methyl sites for hydroxylation is 1. The summed E-state index contributed by atoms with van der Waals surface area (Å²) < 4.78 is 2.19. The minimum Gasteiger partial charge on any atom is -0.388 e. The van der Waals surface area contributed by atoms with E-state index in [1.807, 2.05) is 17.0 Å². The average Bonchev–Trinajstić information content (AvgIpc) is 3.12. The number of nitrogens with zero attached hydrogens (tertiary/aromatic N) is 2. The number of carbonyl (C=O) groups is 1. The molecule has 0 saturated carbocycles. The molecule has 1 aliphatic heterocycles. The molecule has 1 unspecified atom stereocenters. The maximum Gasteiger partial charge on any atom is 0.227 e. The fourth-order valence-corrected chi connectivity index (χ4v) is 3.79. The first-order valence-corrected chi connectivity index (χ1v) is 8.50. The molecule has 0 radical (unpaired) electrons. The average molecular weight is 314 g/mol. The second kappa shape index (κ2) is 6.00. The van der Waals surface area contributed by atoms with Gasteiger partial charge >= 0.3 is 0 Å². The fourth-order valence-electron chi connectivity index (χ4n) is 3.79. The van der Waals surface area contributed by atoms with Crippen LogP contribution in [0.3, 0.4) is 0 Å². The molecule has 1 saturated heterocycles. The van der Waals surface area contributed by atoms with Crippen LogP contribution < -0.4 is 0 Å². The molecule has 124 valence electrons. The van der Waals surface area contributed by atoms with Crippen molar-refractivity contribution < 1.29 is 9.90 Å². The molecular formula is C19H26N2O2. The molecule has 1 N–H and O–H groups in total. The van der Waals surface area contributed by atoms with Gasteiger partial charge in [-0.1, -0.05) is 18.2 Å². The van der Waals surface area contributed by atoms with E-state index in [1.54, 1.807) is 13.8 Å². The van der Waals surface area contributed by atoms with Crippen LogP contribution in [0.25, 0.3) is 10.9 Å². The van der Waals surface area contributed by atoms with Crippen LogP contribution in [0.15, 0.2) is 30.5 Å². The number of fused-ring (bicyclic) bond motifs is 1. The zero-order valence-corrected chi connectivity index (χ0v) is 14.2. The number of para-hydroxylation sites is 1. The van der Waals surface area contributed by atoms with Crippen LogP contribution in [0.4, 0.5) is 0 Å². The zero-order chi connectivity index (χ0) is 16.6. The first-order chi connectivity index (χ1) is 10.9. The highest BCUT2D eigenvalue weighted by Gasteiger charge is 2.38. The molecule has 3 rings (SSSR count). The third-order valence-electron chi connectivity index (χ3n) is 4.94. The summed E-state index contributed by atoms with van der Waals surface area (Å²) in [7, 11) is 0. The molecular weight excluding hydrogens is 288 g/mol. The Balaban J connectivity index is 1.86. The van der Waals surface area contributed by atoms with Crippen molar-refractivity contribution in [3.63, 3.8) is 0 Å². The van der Waals surface area contributed by atoms with Gasteiger partial charge in [0.1, 0.15) is 0 Å². The monoisotopic (exact) mass is 314 g/mol. The molecule has 23 heavy (non-hydrogen) atoms. The molecule has 0 aliphatic carbocycles. The Bertz CT molecular complexity index is 712. The first-order valence-electron chi connectivity index (χ1n) is 8.50. The molecule has 1 atom stereocenters. The minimum atomic E-state index is -0.844. The smallest absolute Gasteiger partial charge is 0.227 e. The Morgan fingerprint density at radius 2 is 2.09 bits per heavy atom. The van der Waals surface area contributed by atoms with Crippen molar-refractivity contribution in [2.75, 3.05) is 6.54 Å². The van der Waals surface area contributed by atoms with Gasteiger partial charge in [0.2, 0.25) is 5.91 Å². The summed E-state index contributed by atoms with van der Waals surface area (Å²) in [4.78, 5) is 14.7. The van der Waals surface area contributed by atoms with Crippen molar-refractivity contribution in [1.29, 1.82) is 0 Å². The van der Waals surface area contributed by atoms with E-state index in [2.05, 4.69) is 29.8 Å². The molecule has 1 aliphatic rings. The summed E-state index contributed by atoms with van der Waals surface area (Å²) in [5.41, 5.74) is 1.41. The van der Waals surface area contributed by atoms with Crippen LogP contribution in [0.1, 0.15) is 39.2 Å². The van der Waals surface area contributed by atoms with Crippen molar-refractivity contribution in [2.45, 2.75) is 58.2 Å². The van der Waals surface area contributed by atoms with Gasteiger partial charge in [0, 0.05) is 30.2 Å². The Morgan fingerprint density at radius 3 is 2.78 bits per heavy atom. The van der Waals surface area contributed by atoms with Gasteiger partial charge in [-0.25, -0.2) is 0 Å². The van der Waals surface area contributed by atoms with Crippen molar-refractivity contribution in [1.82, 2.24) is 9.47 Å². The highest BCUT2D eigenvalue weighted by molar-refractivity contribution is 5.89. The van der Waals surface area contributed by atoms with E-state index in [9.17, 15) is 9.90 Å². The maximum atomic E-state index is 12.8. The zero-order valence-electron chi connectivity index (χ0n) is 14.2. The van der Waals surface area contributed by atoms with E-state index >= 15 is 0 Å². The lowest BCUT2D eigenvalue weighted by Gasteiger charge is -2.33. The van der Waals surface area contributed by atoms with Crippen LogP contribution in [0.2, 0.25) is 0 Å². The molecule has 2 aromatic rings. The van der Waals surface area contributed by atoms with Gasteiger partial charge in [-0.05, 0) is 45.2 Å². The Hall–Kier alpha value is -1.81. The number of benzene rings is 1. The third kappa shape index (κ3) is 3.00. The maximum absolute atomic E-state index is 12.8. The molecule has 1 aromatic carbocycles. The number of aromatic nitrogens is 1. The van der Waals surface area contributed by atoms with Crippen molar-refractivity contribution in [3.8, 4) is 0 Å². The van der Waals surface area contributed by atoms with Crippen LogP contribution in [-0.2, 0) is 17.8 Å². The second-order valence-corrected chi connectivity index (χ2v) is 7.03. The summed E-state index contributed by atoms with van der Waals surface area (Å²) in [5.74, 6) is 0.119. The van der Waals surface area contributed by atoms with Gasteiger partial charge in [-0.3, -0.25) is 4.79 Å². The lowest BCUT2D eigenvalue weighted by molar-refractivity contribution is -0.135. The van der Waals surface area contributed by atoms with Gasteiger partial charge in [-0.2, -0.15) is 0 Å². The number of likely N-dealkylation sites (tertiary alicyclic amines) is 1. The number of aliphatic hydroxyl groups is 1. The number of amides is 1. The lowest BCUT2D eigenvalue weighted by atomic mass is 9.96. The highest BCUT2D eigenvalue weighted by atomic mass is 16.3. The predicted octanol–water partition coefficient (Wildman–Crippen LogP) is 2.97. The number of carbonyl (C=O) groups excluding carboxylic acids is 1. The Labute approximate surface area is 137 Å². The molecule has 0 bridgehead atoms. The van der Waals surface area contributed by atoms with E-state index in [0.717, 1.165) is 36.9 Å². The molecule has 1 amide bonds. The Kier molecular flexibility index (Phi) is 4.19. The van der Waals surface area contributed by atoms with Crippen molar-refractivity contribution in [2.24, 2.45) is 0 Å². The number of hydrogen-bond acceptors (Lipinski definition) is 2. The SMILES string of the molecule is CCn1cc(CC(=O)N2CCCC2C(C)(C)O)c2ccccc21. The predicted molar refractivity (Wildman–Crippen MR) is 92.3 cm³/mol. The van der Waals surface area contributed by atoms with Gasteiger partial charge in [0.15, 0.2) is 0 Å². The topological polar surface area (TPSA) is 45.5 Å². The van der Waals surface area contributed by atoms with E-state index in [0.29, 0.717) is 6.42 Å². The summed E-state index contributed by atoms with van der Waals surface area (Å²) in [6, 6.07) is 8.16. The standard InChI is InChI=1S/C19H26N2O2/c1-4-20-13-14(15-8-5-6-9-16(15)20)12-18(22)21-11-7-10-17(21)19(2,3)23/h5-6,8-9,13,17,23H,4,7,10-12H2,1-3H3. The van der Waals surface area contributed by atoms with Crippen LogP contribution in [0.5, 0.6) is 0 Å². The van der Waals surface area contributed by atoms with Crippen molar-refractivity contribution in [3.05, 3.63) is 36.0 Å². The van der Waals surface area contributed by atoms with E-state index in [4.69, 9.17) is 0 Å². The quantitative estimate of drug-likeness (QED) is 0.943. The van der Waals surface area contributed by atoms with Crippen LogP contribution in [0, 0.1) is 0 Å². The van der Waals surface area contributed by atoms with Gasteiger partial charge in [-0.15, -0.1) is 0 Å². The summed E-state index contributed by atoms with van der Waals surface area (Å²) >= 11 is 0. The molecule has 4 heteroatoms. The molecule has 2 heterocycles. The third-order valence-corrected chi connectivity index (χ3v) is 4.94. The van der Waals surface area contributed by atoms with Crippen LogP contribution >= 0.6 is 0 Å². The minimum absolute atomic E-state index is 0.0745. The van der Waals surface area contributed by atoms with Gasteiger partial charge < -0.3 is 14.6 Å². The van der Waals surface area contributed by atoms with Gasteiger partial charge in [0.05, 0.1) is 18.1 Å². The van der Waals surface area contributed by atoms with Crippen LogP contribution in [-0.4, -0.2) is 38.7 Å². The van der Waals surface area contributed by atoms with E-state index in [-0.39, 0.29) is 11.9 Å². The van der Waals surface area contributed by atoms with Gasteiger partial charge in [0.25, 0.3) is 0 Å². The molecule has 1 aromatic heterocycles. The summed E-state index contributed by atoms with van der Waals surface area (Å²) in [6.45, 7) is 7.35. The normalized spacial score (nSPS) is 18.8. The molecule has 0 spiro atoms. The largest absolute Gasteiger partial charge is 0.388 e. The lowest BCUT2D eigenvalue weighted by Crippen LogP contribution is -2.48. The summed E-state index contributed by atoms with van der Waals surface area (Å²) in [5, 5.41) is 11.5. The molecule has 4 nitrogen and oxygen atoms in total. The fraction of sp³-hybridized carbons (Fsp3) is 0.526. The molecule has 1 fully saturated rings. The highest BCUT2D eigenvalue weighted by Crippen LogP contribution is 2.28. The Morgan fingerprint density at radius 1 is 1.35 bits per heavy atom. The second-order valence-electron chi connectivity index (χ2n) is 7.03. The van der Waals surface area contributed by atoms with Crippen molar-refractivity contribution >= 4 is 16.8 Å². The summed E-state index contributed by atoms with van der Waals surface area (Å²) in [6.07, 6.45) is 4.35. The van der Waals surface area contributed by atoms with E-state index < -0.39 is 5.60 Å². The van der Waals surface area contributed by atoms with E-state index in [1.165, 1.54) is 5.52 Å². The number of rotatable bonds is 4. The number of hydrogen-bond donors (Lipinski definition) is 1. The first kappa shape index (κ1) is 16.1.